The summed E-state index contributed by atoms with van der Waals surface area (Å²) in [5.74, 6) is 0.379. The first-order valence-corrected chi connectivity index (χ1v) is 12.2. The zero-order valence-corrected chi connectivity index (χ0v) is 24.8. The van der Waals surface area contributed by atoms with E-state index in [1.165, 1.54) is 0 Å². The molecular formula is C29H31N2NaO7. The van der Waals surface area contributed by atoms with Crippen molar-refractivity contribution < 1.29 is 53.8 Å². The normalized spacial score (nSPS) is 12.1. The zero-order chi connectivity index (χ0) is 27.4. The van der Waals surface area contributed by atoms with Gasteiger partial charge in [0.1, 0.15) is 30.8 Å². The maximum absolute atomic E-state index is 11.6. The summed E-state index contributed by atoms with van der Waals surface area (Å²) in [4.78, 5) is 25.8. The van der Waals surface area contributed by atoms with E-state index < -0.39 is 23.2 Å². The second-order valence-corrected chi connectivity index (χ2v) is 9.77. The average molecular weight is 543 g/mol. The van der Waals surface area contributed by atoms with Crippen LogP contribution in [0.1, 0.15) is 36.1 Å². The molecule has 0 aliphatic heterocycles. The Hall–Kier alpha value is -3.08. The Labute approximate surface area is 248 Å². The van der Waals surface area contributed by atoms with Crippen LogP contribution in [-0.2, 0) is 13.2 Å². The zero-order valence-electron chi connectivity index (χ0n) is 22.8. The van der Waals surface area contributed by atoms with E-state index in [0.717, 1.165) is 38.1 Å². The van der Waals surface area contributed by atoms with Crippen molar-refractivity contribution in [3.63, 3.8) is 0 Å². The molecule has 39 heavy (non-hydrogen) atoms. The van der Waals surface area contributed by atoms with Gasteiger partial charge in [-0.25, -0.2) is 4.79 Å². The molecule has 0 bridgehead atoms. The van der Waals surface area contributed by atoms with Gasteiger partial charge in [-0.1, -0.05) is 36.4 Å². The number of aromatic nitrogens is 2. The Morgan fingerprint density at radius 3 is 2.28 bits per heavy atom. The van der Waals surface area contributed by atoms with Crippen LogP contribution in [0.4, 0.5) is 0 Å². The summed E-state index contributed by atoms with van der Waals surface area (Å²) in [5, 5.41) is 19.9. The molecule has 1 heterocycles. The Bertz CT molecular complexity index is 1510. The van der Waals surface area contributed by atoms with E-state index in [-0.39, 0.29) is 42.7 Å². The molecule has 1 atom stereocenters. The predicted molar refractivity (Wildman–Crippen MR) is 142 cm³/mol. The monoisotopic (exact) mass is 542 g/mol. The van der Waals surface area contributed by atoms with Gasteiger partial charge in [-0.05, 0) is 85.3 Å². The molecule has 0 aliphatic carbocycles. The number of aliphatic hydroxyl groups is 2. The van der Waals surface area contributed by atoms with Gasteiger partial charge in [-0.2, -0.15) is 0 Å². The summed E-state index contributed by atoms with van der Waals surface area (Å²) >= 11 is 0. The first-order chi connectivity index (χ1) is 18.0. The van der Waals surface area contributed by atoms with Gasteiger partial charge in [0.25, 0.3) is 0 Å². The van der Waals surface area contributed by atoms with Gasteiger partial charge in [-0.15, -0.1) is 0 Å². The first-order valence-electron chi connectivity index (χ1n) is 12.2. The third-order valence-electron chi connectivity index (χ3n) is 6.39. The van der Waals surface area contributed by atoms with Gasteiger partial charge in [0.05, 0.1) is 5.60 Å². The molecule has 0 saturated carbocycles. The van der Waals surface area contributed by atoms with Crippen molar-refractivity contribution in [2.24, 2.45) is 0 Å². The van der Waals surface area contributed by atoms with E-state index in [1.807, 2.05) is 37.3 Å². The van der Waals surface area contributed by atoms with Gasteiger partial charge >= 0.3 is 35.3 Å². The van der Waals surface area contributed by atoms with Crippen LogP contribution >= 0.6 is 0 Å². The minimum Gasteiger partial charge on any atom is -0.491 e. The summed E-state index contributed by atoms with van der Waals surface area (Å²) in [6.07, 6.45) is -0.998. The van der Waals surface area contributed by atoms with Crippen molar-refractivity contribution in [3.05, 3.63) is 104 Å². The molecule has 0 aliphatic rings. The quantitative estimate of drug-likeness (QED) is 0.272. The fraction of sp³-hybridized carbons (Fsp3) is 0.310. The molecular weight excluding hydrogens is 511 g/mol. The Morgan fingerprint density at radius 2 is 1.67 bits per heavy atom. The molecule has 1 aromatic heterocycles. The fourth-order valence-electron chi connectivity index (χ4n) is 3.94. The van der Waals surface area contributed by atoms with Crippen molar-refractivity contribution in [1.29, 1.82) is 0 Å². The topological polar surface area (TPSA) is 125 Å². The third kappa shape index (κ3) is 7.74. The predicted octanol–water partition coefficient (Wildman–Crippen LogP) is 0.184. The molecule has 4 rings (SSSR count). The second kappa shape index (κ2) is 12.8. The van der Waals surface area contributed by atoms with E-state index in [1.54, 1.807) is 38.1 Å². The maximum atomic E-state index is 11.6. The van der Waals surface area contributed by atoms with Crippen molar-refractivity contribution in [1.82, 2.24) is 9.72 Å². The van der Waals surface area contributed by atoms with Gasteiger partial charge in [0.15, 0.2) is 5.69 Å². The Balaban J connectivity index is 0.00000420. The fourth-order valence-corrected chi connectivity index (χ4v) is 3.94. The van der Waals surface area contributed by atoms with Crippen molar-refractivity contribution in [2.45, 2.75) is 52.6 Å². The van der Waals surface area contributed by atoms with E-state index in [4.69, 9.17) is 14.0 Å². The standard InChI is InChI=1S/C29H32N2O7.Na/c1-18-14-23(37-17-26(32)29(3,4)35)12-13-24(18)25-7-5-6-21(19(25)2)16-36-22-10-8-20(9-11-22)15-31-27(33)30-28(34)38-31;/h5-14,26,32,35H,15-17H2,1-4H3,(H,30,33,34);/q;+1/p-1/t26-;/m1./s1. The summed E-state index contributed by atoms with van der Waals surface area (Å²) in [7, 11) is 0. The van der Waals surface area contributed by atoms with Crippen LogP contribution in [-0.4, -0.2) is 33.3 Å². The molecule has 200 valence electrons. The minimum atomic E-state index is -1.24. The number of nitrogens with zero attached hydrogens (tertiary/aromatic N) is 2. The Morgan fingerprint density at radius 1 is 0.974 bits per heavy atom. The van der Waals surface area contributed by atoms with Crippen LogP contribution < -0.4 is 55.5 Å². The van der Waals surface area contributed by atoms with Crippen LogP contribution in [0.25, 0.3) is 11.1 Å². The Kier molecular flexibility index (Phi) is 10.0. The summed E-state index contributed by atoms with van der Waals surface area (Å²) in [6, 6.07) is 19.0. The van der Waals surface area contributed by atoms with Crippen LogP contribution in [0.3, 0.4) is 0 Å². The molecule has 0 radical (unpaired) electrons. The second-order valence-electron chi connectivity index (χ2n) is 9.77. The van der Waals surface area contributed by atoms with Gasteiger partial charge in [0.2, 0.25) is 0 Å². The number of hydrogen-bond acceptors (Lipinski definition) is 7. The molecule has 9 nitrogen and oxygen atoms in total. The molecule has 0 saturated heterocycles. The van der Waals surface area contributed by atoms with E-state index in [2.05, 4.69) is 18.0 Å². The van der Waals surface area contributed by atoms with Crippen molar-refractivity contribution in [3.8, 4) is 22.6 Å². The summed E-state index contributed by atoms with van der Waals surface area (Å²) in [6.45, 7) is 7.62. The van der Waals surface area contributed by atoms with Crippen LogP contribution in [0.2, 0.25) is 0 Å². The minimum absolute atomic E-state index is 0. The number of ether oxygens (including phenoxy) is 2. The first kappa shape index (κ1) is 30.5. The molecule has 0 unspecified atom stereocenters. The smallest absolute Gasteiger partial charge is 0.491 e. The molecule has 2 N–H and O–H groups in total. The molecule has 3 aromatic carbocycles. The van der Waals surface area contributed by atoms with E-state index >= 15 is 0 Å². The van der Waals surface area contributed by atoms with Crippen LogP contribution in [0, 0.1) is 13.8 Å². The van der Waals surface area contributed by atoms with Gasteiger partial charge < -0.3 is 29.2 Å². The maximum Gasteiger partial charge on any atom is 1.00 e. The number of benzene rings is 3. The molecule has 4 aromatic rings. The number of aryl methyl sites for hydroxylation is 1. The molecule has 0 amide bonds. The number of hydrogen-bond donors (Lipinski definition) is 2. The summed E-state index contributed by atoms with van der Waals surface area (Å²) in [5.41, 5.74) is 4.11. The van der Waals surface area contributed by atoms with Crippen LogP contribution in [0.5, 0.6) is 11.5 Å². The molecule has 0 spiro atoms. The molecule has 10 heteroatoms. The van der Waals surface area contributed by atoms with Crippen molar-refractivity contribution in [2.75, 3.05) is 6.61 Å². The van der Waals surface area contributed by atoms with Gasteiger partial charge in [-0.3, -0.25) is 9.53 Å². The third-order valence-corrected chi connectivity index (χ3v) is 6.39. The summed E-state index contributed by atoms with van der Waals surface area (Å²) < 4.78 is 17.3. The number of rotatable bonds is 10. The largest absolute Gasteiger partial charge is 1.00 e. The number of aliphatic hydroxyl groups excluding tert-OH is 1. The van der Waals surface area contributed by atoms with Crippen LogP contribution in [0.15, 0.2) is 74.8 Å². The SMILES string of the molecule is Cc1cc(OC[C@@H](O)C(C)(C)O)ccc1-c1cccc(COc2ccc(Cn3oc(=O)[n-]c3=O)cc2)c1C.[Na+]. The molecule has 0 fully saturated rings. The van der Waals surface area contributed by atoms with E-state index in [9.17, 15) is 19.8 Å². The average Bonchev–Trinajstić information content (AvgIpc) is 3.18. The van der Waals surface area contributed by atoms with Crippen molar-refractivity contribution >= 4 is 0 Å². The van der Waals surface area contributed by atoms with E-state index in [0.29, 0.717) is 18.1 Å². The van der Waals surface area contributed by atoms with Gasteiger partial charge in [0, 0.05) is 6.54 Å².